The van der Waals surface area contributed by atoms with Gasteiger partial charge in [0.1, 0.15) is 0 Å². The summed E-state index contributed by atoms with van der Waals surface area (Å²) in [5.41, 5.74) is 13.4. The Bertz CT molecular complexity index is 2750. The molecule has 0 bridgehead atoms. The Morgan fingerprint density at radius 2 is 0.942 bits per heavy atom. The van der Waals surface area contributed by atoms with Gasteiger partial charge in [0, 0.05) is 40.4 Å². The molecule has 1 heterocycles. The lowest BCUT2D eigenvalue weighted by molar-refractivity contribution is 0.663. The first-order valence-electron chi connectivity index (χ1n) is 18.0. The predicted octanol–water partition coefficient (Wildman–Crippen LogP) is 13.7. The molecule has 0 unspecified atom stereocenters. The highest BCUT2D eigenvalue weighted by Crippen LogP contribution is 2.51. The fraction of sp³-hybridized carbons (Fsp3) is 0.0600. The van der Waals surface area contributed by atoms with Gasteiger partial charge in [0.2, 0.25) is 0 Å². The van der Waals surface area contributed by atoms with Crippen LogP contribution in [-0.2, 0) is 5.41 Å². The third kappa shape index (κ3) is 4.76. The van der Waals surface area contributed by atoms with E-state index in [4.69, 9.17) is 0 Å². The first-order valence-corrected chi connectivity index (χ1v) is 18.0. The maximum absolute atomic E-state index is 4.41. The number of hydrogen-bond donors (Lipinski definition) is 0. The minimum Gasteiger partial charge on any atom is -0.311 e. The number of fused-ring (bicyclic) bond motifs is 1. The summed E-state index contributed by atoms with van der Waals surface area (Å²) >= 11 is 0. The Morgan fingerprint density at radius 1 is 0.423 bits per heavy atom. The highest BCUT2D eigenvalue weighted by atomic mass is 15.1. The molecule has 0 aliphatic heterocycles. The zero-order valence-electron chi connectivity index (χ0n) is 29.2. The number of aromatic nitrogens is 1. The molecule has 8 aromatic carbocycles. The molecule has 10 rings (SSSR count). The minimum absolute atomic E-state index is 0.140. The molecule has 2 heteroatoms. The van der Waals surface area contributed by atoms with Crippen LogP contribution in [0.25, 0.3) is 65.7 Å². The summed E-state index contributed by atoms with van der Waals surface area (Å²) in [6, 6.07) is 62.0. The zero-order valence-corrected chi connectivity index (χ0v) is 29.2. The van der Waals surface area contributed by atoms with Crippen molar-refractivity contribution in [1.29, 1.82) is 0 Å². The predicted molar refractivity (Wildman–Crippen MR) is 220 cm³/mol. The zero-order chi connectivity index (χ0) is 34.8. The van der Waals surface area contributed by atoms with E-state index in [1.54, 1.807) is 0 Å². The van der Waals surface area contributed by atoms with Crippen LogP contribution >= 0.6 is 0 Å². The smallest absolute Gasteiger partial charge is 0.0462 e. The van der Waals surface area contributed by atoms with E-state index in [2.05, 4.69) is 188 Å². The van der Waals surface area contributed by atoms with Crippen LogP contribution in [0.4, 0.5) is 17.1 Å². The third-order valence-corrected chi connectivity index (χ3v) is 11.1. The standard InChI is InChI=1S/C50H36N2/c1-50(2)46-30-37(36-12-11-27-51-32-36)28-34-19-20-35-29-38(31-47(50)49(35)48(34)46)43-26-25-42(44-17-9-10-18-45(43)44)33-21-23-41(24-22-33)52(39-13-5-3-6-14-39)40-15-7-4-8-16-40/h3-32H,1-2H3. The molecule has 0 atom stereocenters. The lowest BCUT2D eigenvalue weighted by atomic mass is 9.79. The lowest BCUT2D eigenvalue weighted by Crippen LogP contribution is -2.15. The van der Waals surface area contributed by atoms with Gasteiger partial charge in [0.15, 0.2) is 0 Å². The normalized spacial score (nSPS) is 13.0. The van der Waals surface area contributed by atoms with E-state index in [9.17, 15) is 0 Å². The van der Waals surface area contributed by atoms with E-state index in [0.29, 0.717) is 0 Å². The van der Waals surface area contributed by atoms with E-state index in [-0.39, 0.29) is 5.41 Å². The first kappa shape index (κ1) is 30.3. The van der Waals surface area contributed by atoms with Crippen LogP contribution in [0.15, 0.2) is 182 Å². The molecule has 0 amide bonds. The van der Waals surface area contributed by atoms with Crippen LogP contribution < -0.4 is 4.90 Å². The van der Waals surface area contributed by atoms with Crippen LogP contribution in [0.2, 0.25) is 0 Å². The first-order chi connectivity index (χ1) is 25.5. The Labute approximate surface area is 304 Å². The van der Waals surface area contributed by atoms with E-state index >= 15 is 0 Å². The summed E-state index contributed by atoms with van der Waals surface area (Å²) < 4.78 is 0. The SMILES string of the molecule is CC1(C)c2cc(-c3cccnc3)cc3ccc4cc(-c5ccc(-c6ccc(N(c7ccccc7)c7ccccc7)cc6)c6ccccc56)cc1c4c23. The Balaban J connectivity index is 1.07. The maximum Gasteiger partial charge on any atom is 0.0462 e. The number of para-hydroxylation sites is 2. The third-order valence-electron chi connectivity index (χ3n) is 11.1. The van der Waals surface area contributed by atoms with Crippen molar-refractivity contribution in [3.8, 4) is 33.4 Å². The van der Waals surface area contributed by atoms with Gasteiger partial charge in [-0.15, -0.1) is 0 Å². The molecule has 2 nitrogen and oxygen atoms in total. The number of benzene rings is 8. The van der Waals surface area contributed by atoms with Crippen molar-refractivity contribution < 1.29 is 0 Å². The van der Waals surface area contributed by atoms with Gasteiger partial charge >= 0.3 is 0 Å². The molecule has 1 aromatic heterocycles. The Kier molecular flexibility index (Phi) is 6.87. The average Bonchev–Trinajstić information content (AvgIpc) is 3.44. The molecule has 1 aliphatic carbocycles. The Hall–Kier alpha value is -6.51. The summed E-state index contributed by atoms with van der Waals surface area (Å²) in [6.45, 7) is 4.77. The van der Waals surface area contributed by atoms with Crippen molar-refractivity contribution >= 4 is 49.4 Å². The molecular formula is C50H36N2. The summed E-state index contributed by atoms with van der Waals surface area (Å²) in [6.07, 6.45) is 3.81. The highest BCUT2D eigenvalue weighted by molar-refractivity contribution is 6.17. The number of nitrogens with zero attached hydrogens (tertiary/aromatic N) is 2. The molecule has 0 N–H and O–H groups in total. The summed E-state index contributed by atoms with van der Waals surface area (Å²) in [5, 5.41) is 7.88. The molecule has 246 valence electrons. The fourth-order valence-electron chi connectivity index (χ4n) is 8.51. The number of rotatable bonds is 6. The van der Waals surface area contributed by atoms with E-state index in [1.807, 2.05) is 18.5 Å². The molecular weight excluding hydrogens is 629 g/mol. The van der Waals surface area contributed by atoms with Gasteiger partial charge in [-0.3, -0.25) is 4.98 Å². The van der Waals surface area contributed by atoms with Crippen LogP contribution in [-0.4, -0.2) is 4.98 Å². The van der Waals surface area contributed by atoms with Gasteiger partial charge in [0.05, 0.1) is 0 Å². The number of hydrogen-bond acceptors (Lipinski definition) is 2. The van der Waals surface area contributed by atoms with Gasteiger partial charge in [0.25, 0.3) is 0 Å². The van der Waals surface area contributed by atoms with Crippen LogP contribution in [0.5, 0.6) is 0 Å². The van der Waals surface area contributed by atoms with E-state index in [1.165, 1.54) is 71.3 Å². The van der Waals surface area contributed by atoms with Crippen LogP contribution in [0, 0.1) is 0 Å². The Morgan fingerprint density at radius 3 is 1.52 bits per heavy atom. The van der Waals surface area contributed by atoms with Gasteiger partial charge < -0.3 is 4.90 Å². The van der Waals surface area contributed by atoms with Crippen molar-refractivity contribution in [3.63, 3.8) is 0 Å². The van der Waals surface area contributed by atoms with Gasteiger partial charge in [-0.2, -0.15) is 0 Å². The average molecular weight is 665 g/mol. The van der Waals surface area contributed by atoms with Crippen molar-refractivity contribution in [3.05, 3.63) is 193 Å². The number of pyridine rings is 1. The minimum atomic E-state index is -0.140. The number of anilines is 3. The van der Waals surface area contributed by atoms with Crippen LogP contribution in [0.3, 0.4) is 0 Å². The maximum atomic E-state index is 4.41. The molecule has 0 saturated carbocycles. The lowest BCUT2D eigenvalue weighted by Gasteiger charge is -2.25. The molecule has 0 spiro atoms. The molecule has 1 aliphatic rings. The van der Waals surface area contributed by atoms with Crippen LogP contribution in [0.1, 0.15) is 25.0 Å². The molecule has 0 fully saturated rings. The molecule has 0 saturated heterocycles. The quantitative estimate of drug-likeness (QED) is 0.164. The second-order valence-electron chi connectivity index (χ2n) is 14.4. The largest absolute Gasteiger partial charge is 0.311 e. The van der Waals surface area contributed by atoms with E-state index < -0.39 is 0 Å². The van der Waals surface area contributed by atoms with E-state index in [0.717, 1.165) is 22.6 Å². The summed E-state index contributed by atoms with van der Waals surface area (Å²) in [7, 11) is 0. The van der Waals surface area contributed by atoms with Crippen molar-refractivity contribution in [1.82, 2.24) is 4.98 Å². The second-order valence-corrected chi connectivity index (χ2v) is 14.4. The van der Waals surface area contributed by atoms with Crippen molar-refractivity contribution in [2.75, 3.05) is 4.90 Å². The fourth-order valence-corrected chi connectivity index (χ4v) is 8.51. The summed E-state index contributed by atoms with van der Waals surface area (Å²) in [5.74, 6) is 0. The van der Waals surface area contributed by atoms with Gasteiger partial charge in [-0.25, -0.2) is 0 Å². The second kappa shape index (κ2) is 11.8. The topological polar surface area (TPSA) is 16.1 Å². The molecule has 9 aromatic rings. The molecule has 52 heavy (non-hydrogen) atoms. The van der Waals surface area contributed by atoms with Crippen molar-refractivity contribution in [2.24, 2.45) is 0 Å². The van der Waals surface area contributed by atoms with Gasteiger partial charge in [-0.05, 0) is 138 Å². The van der Waals surface area contributed by atoms with Gasteiger partial charge in [-0.1, -0.05) is 117 Å². The highest BCUT2D eigenvalue weighted by Gasteiger charge is 2.35. The molecule has 0 radical (unpaired) electrons. The summed E-state index contributed by atoms with van der Waals surface area (Å²) in [4.78, 5) is 6.71. The monoisotopic (exact) mass is 664 g/mol. The van der Waals surface area contributed by atoms with Crippen molar-refractivity contribution in [2.45, 2.75) is 19.3 Å².